The number of sulfonamides is 1. The molecule has 32 heavy (non-hydrogen) atoms. The molecule has 170 valence electrons. The van der Waals surface area contributed by atoms with E-state index >= 15 is 0 Å². The number of hydrogen-bond acceptors (Lipinski definition) is 7. The largest absolute Gasteiger partial charge is 0.337 e. The first-order chi connectivity index (χ1) is 15.2. The van der Waals surface area contributed by atoms with Gasteiger partial charge in [-0.05, 0) is 55.3 Å². The fraction of sp³-hybridized carbons (Fsp3) is 0.421. The summed E-state index contributed by atoms with van der Waals surface area (Å²) in [5.41, 5.74) is 0.525. The second-order valence-electron chi connectivity index (χ2n) is 7.71. The topological polar surface area (TPSA) is 128 Å². The molecular formula is C19H23FN8O3S. The van der Waals surface area contributed by atoms with Gasteiger partial charge >= 0.3 is 0 Å². The average molecular weight is 463 g/mol. The van der Waals surface area contributed by atoms with Crippen molar-refractivity contribution in [2.75, 3.05) is 18.4 Å². The number of rotatable bonds is 5. The van der Waals surface area contributed by atoms with Crippen LogP contribution in [0.2, 0.25) is 0 Å². The highest BCUT2D eigenvalue weighted by Gasteiger charge is 2.33. The van der Waals surface area contributed by atoms with E-state index in [1.165, 1.54) is 33.4 Å². The third-order valence-electron chi connectivity index (χ3n) is 5.58. The number of benzene rings is 1. The second kappa shape index (κ2) is 8.39. The van der Waals surface area contributed by atoms with Crippen molar-refractivity contribution < 1.29 is 17.6 Å². The number of imidazole rings is 1. The SMILES string of the molecule is Cc1nc(S(=O)(=O)N2CCC(C(=O)Nc3ccc(F)c(-n4nnnc4C)c3)CC2)cn1C. The Morgan fingerprint density at radius 3 is 2.50 bits per heavy atom. The minimum absolute atomic E-state index is 0.0112. The van der Waals surface area contributed by atoms with Crippen LogP contribution in [0.25, 0.3) is 5.69 Å². The van der Waals surface area contributed by atoms with E-state index in [1.54, 1.807) is 25.5 Å². The van der Waals surface area contributed by atoms with Crippen LogP contribution in [0.15, 0.2) is 29.4 Å². The second-order valence-corrected chi connectivity index (χ2v) is 9.59. The van der Waals surface area contributed by atoms with Crippen molar-refractivity contribution in [1.29, 1.82) is 0 Å². The summed E-state index contributed by atoms with van der Waals surface area (Å²) in [4.78, 5) is 16.9. The fourth-order valence-electron chi connectivity index (χ4n) is 3.59. The molecule has 0 aliphatic carbocycles. The molecule has 1 amide bonds. The molecule has 0 bridgehead atoms. The summed E-state index contributed by atoms with van der Waals surface area (Å²) < 4.78 is 44.1. The molecule has 13 heteroatoms. The van der Waals surface area contributed by atoms with Crippen LogP contribution in [0.4, 0.5) is 10.1 Å². The van der Waals surface area contributed by atoms with E-state index in [0.717, 1.165) is 0 Å². The quantitative estimate of drug-likeness (QED) is 0.603. The summed E-state index contributed by atoms with van der Waals surface area (Å²) in [6, 6.07) is 4.15. The van der Waals surface area contributed by atoms with E-state index in [-0.39, 0.29) is 35.6 Å². The third-order valence-corrected chi connectivity index (χ3v) is 7.35. The van der Waals surface area contributed by atoms with Gasteiger partial charge in [0.2, 0.25) is 5.91 Å². The molecule has 3 heterocycles. The molecule has 0 radical (unpaired) electrons. The van der Waals surface area contributed by atoms with Crippen molar-refractivity contribution in [3.05, 3.63) is 41.9 Å². The molecule has 1 aromatic carbocycles. The Balaban J connectivity index is 1.42. The highest BCUT2D eigenvalue weighted by molar-refractivity contribution is 7.89. The lowest BCUT2D eigenvalue weighted by Crippen LogP contribution is -2.41. The number of nitrogens with one attached hydrogen (secondary N) is 1. The lowest BCUT2D eigenvalue weighted by molar-refractivity contribution is -0.120. The number of tetrazole rings is 1. The molecule has 11 nitrogen and oxygen atoms in total. The van der Waals surface area contributed by atoms with Crippen molar-refractivity contribution in [1.82, 2.24) is 34.1 Å². The number of carbonyl (C=O) groups excluding carboxylic acids is 1. The predicted octanol–water partition coefficient (Wildman–Crippen LogP) is 1.19. The van der Waals surface area contributed by atoms with Gasteiger partial charge in [-0.1, -0.05) is 0 Å². The molecule has 3 aromatic rings. The zero-order valence-electron chi connectivity index (χ0n) is 17.9. The number of carbonyl (C=O) groups is 1. The Bertz CT molecular complexity index is 1240. The molecule has 1 aliphatic heterocycles. The monoisotopic (exact) mass is 462 g/mol. The fourth-order valence-corrected chi connectivity index (χ4v) is 5.09. The number of piperidine rings is 1. The first-order valence-electron chi connectivity index (χ1n) is 10.0. The molecule has 0 saturated carbocycles. The summed E-state index contributed by atoms with van der Waals surface area (Å²) in [6.45, 7) is 3.80. The van der Waals surface area contributed by atoms with Crippen LogP contribution in [0.1, 0.15) is 24.5 Å². The third kappa shape index (κ3) is 4.12. The van der Waals surface area contributed by atoms with E-state index in [0.29, 0.717) is 30.2 Å². The number of halogens is 1. The first-order valence-corrected chi connectivity index (χ1v) is 11.5. The van der Waals surface area contributed by atoms with Gasteiger partial charge in [-0.2, -0.15) is 8.99 Å². The van der Waals surface area contributed by atoms with Gasteiger partial charge in [0.1, 0.15) is 17.3 Å². The highest BCUT2D eigenvalue weighted by atomic mass is 32.2. The van der Waals surface area contributed by atoms with Gasteiger partial charge in [0, 0.05) is 37.9 Å². The smallest absolute Gasteiger partial charge is 0.262 e. The van der Waals surface area contributed by atoms with Gasteiger partial charge in [0.25, 0.3) is 10.0 Å². The summed E-state index contributed by atoms with van der Waals surface area (Å²) in [6.07, 6.45) is 2.23. The maximum Gasteiger partial charge on any atom is 0.262 e. The standard InChI is InChI=1S/C19H23FN8O3S/c1-12-21-18(11-26(12)3)32(30,31)27-8-6-14(7-9-27)19(29)22-15-4-5-16(20)17(10-15)28-13(2)23-24-25-28/h4-5,10-11,14H,6-9H2,1-3H3,(H,22,29). The van der Waals surface area contributed by atoms with Crippen molar-refractivity contribution in [2.24, 2.45) is 13.0 Å². The molecule has 0 atom stereocenters. The minimum atomic E-state index is -3.70. The van der Waals surface area contributed by atoms with E-state index in [9.17, 15) is 17.6 Å². The van der Waals surface area contributed by atoms with E-state index in [4.69, 9.17) is 0 Å². The average Bonchev–Trinajstić information content (AvgIpc) is 3.35. The summed E-state index contributed by atoms with van der Waals surface area (Å²) in [7, 11) is -1.97. The maximum atomic E-state index is 14.2. The summed E-state index contributed by atoms with van der Waals surface area (Å²) in [5, 5.41) is 13.8. The van der Waals surface area contributed by atoms with Crippen LogP contribution in [0.3, 0.4) is 0 Å². The molecule has 4 rings (SSSR count). The van der Waals surface area contributed by atoms with Gasteiger partial charge in [-0.3, -0.25) is 4.79 Å². The molecule has 1 N–H and O–H groups in total. The van der Waals surface area contributed by atoms with Gasteiger partial charge in [-0.15, -0.1) is 5.10 Å². The maximum absolute atomic E-state index is 14.2. The van der Waals surface area contributed by atoms with Crippen molar-refractivity contribution in [3.8, 4) is 5.69 Å². The zero-order chi connectivity index (χ0) is 23.0. The predicted molar refractivity (Wildman–Crippen MR) is 112 cm³/mol. The molecule has 1 aliphatic rings. The summed E-state index contributed by atoms with van der Waals surface area (Å²) >= 11 is 0. The van der Waals surface area contributed by atoms with Gasteiger partial charge in [0.05, 0.1) is 0 Å². The zero-order valence-corrected chi connectivity index (χ0v) is 18.7. The highest BCUT2D eigenvalue weighted by Crippen LogP contribution is 2.25. The molecule has 2 aromatic heterocycles. The van der Waals surface area contributed by atoms with E-state index in [1.807, 2.05) is 0 Å². The van der Waals surface area contributed by atoms with Crippen LogP contribution in [0, 0.1) is 25.6 Å². The van der Waals surface area contributed by atoms with Crippen molar-refractivity contribution in [3.63, 3.8) is 0 Å². The van der Waals surface area contributed by atoms with Crippen LogP contribution in [0.5, 0.6) is 0 Å². The molecule has 0 unspecified atom stereocenters. The summed E-state index contributed by atoms with van der Waals surface area (Å²) in [5.74, 6) is -0.129. The lowest BCUT2D eigenvalue weighted by Gasteiger charge is -2.30. The van der Waals surface area contributed by atoms with Crippen LogP contribution in [-0.4, -0.2) is 61.5 Å². The van der Waals surface area contributed by atoms with Crippen molar-refractivity contribution >= 4 is 21.6 Å². The Morgan fingerprint density at radius 1 is 1.19 bits per heavy atom. The van der Waals surface area contributed by atoms with Crippen molar-refractivity contribution in [2.45, 2.75) is 31.7 Å². The Labute approximate surface area is 184 Å². The van der Waals surface area contributed by atoms with Gasteiger partial charge in [-0.25, -0.2) is 17.8 Å². The Hall–Kier alpha value is -3.19. The molecule has 0 spiro atoms. The Morgan fingerprint density at radius 2 is 1.91 bits per heavy atom. The normalized spacial score (nSPS) is 15.8. The number of aryl methyl sites for hydroxylation is 3. The van der Waals surface area contributed by atoms with E-state index < -0.39 is 15.8 Å². The number of aromatic nitrogens is 6. The number of nitrogens with zero attached hydrogens (tertiary/aromatic N) is 7. The number of anilines is 1. The van der Waals surface area contributed by atoms with Crippen LogP contribution in [-0.2, 0) is 21.9 Å². The molecule has 1 fully saturated rings. The number of amides is 1. The Kier molecular flexibility index (Phi) is 5.77. The van der Waals surface area contributed by atoms with Gasteiger partial charge < -0.3 is 9.88 Å². The van der Waals surface area contributed by atoms with Crippen LogP contribution >= 0.6 is 0 Å². The van der Waals surface area contributed by atoms with Gasteiger partial charge in [0.15, 0.2) is 10.9 Å². The van der Waals surface area contributed by atoms with E-state index in [2.05, 4.69) is 25.8 Å². The van der Waals surface area contributed by atoms with Crippen LogP contribution < -0.4 is 5.32 Å². The minimum Gasteiger partial charge on any atom is -0.337 e. The number of hydrogen-bond donors (Lipinski definition) is 1. The first kappa shape index (κ1) is 22.0. The molecular weight excluding hydrogens is 439 g/mol. The molecule has 1 saturated heterocycles. The lowest BCUT2D eigenvalue weighted by atomic mass is 9.97.